The number of aromatic nitrogens is 1. The zero-order chi connectivity index (χ0) is 20.1. The molecule has 4 heteroatoms. The number of thioether (sulfide) groups is 1. The number of pyridine rings is 1. The van der Waals surface area contributed by atoms with Gasteiger partial charge in [0.15, 0.2) is 0 Å². The van der Waals surface area contributed by atoms with Crippen molar-refractivity contribution in [3.63, 3.8) is 0 Å². The highest BCUT2D eigenvalue weighted by Gasteiger charge is 2.05. The Labute approximate surface area is 180 Å². The largest absolute Gasteiger partial charge is 0.487 e. The summed E-state index contributed by atoms with van der Waals surface area (Å²) in [6.07, 6.45) is 6.19. The summed E-state index contributed by atoms with van der Waals surface area (Å²) in [5, 5.41) is 1.78. The Morgan fingerprint density at radius 1 is 0.897 bits per heavy atom. The maximum Gasteiger partial charge on any atom is 0.146 e. The van der Waals surface area contributed by atoms with E-state index in [1.807, 2.05) is 54.6 Å². The Kier molecular flexibility index (Phi) is 6.18. The molecule has 2 nitrogen and oxygen atoms in total. The van der Waals surface area contributed by atoms with Crippen molar-refractivity contribution in [1.29, 1.82) is 0 Å². The number of para-hydroxylation sites is 1. The molecule has 0 atom stereocenters. The summed E-state index contributed by atoms with van der Waals surface area (Å²) >= 11 is 7.70. The first kappa shape index (κ1) is 19.6. The van der Waals surface area contributed by atoms with E-state index in [-0.39, 0.29) is 0 Å². The van der Waals surface area contributed by atoms with Crippen LogP contribution < -0.4 is 4.74 Å². The van der Waals surface area contributed by atoms with Gasteiger partial charge in [0.25, 0.3) is 0 Å². The highest BCUT2D eigenvalue weighted by atomic mass is 35.5. The van der Waals surface area contributed by atoms with Gasteiger partial charge in [0.1, 0.15) is 17.9 Å². The predicted octanol–water partition coefficient (Wildman–Crippen LogP) is 7.36. The van der Waals surface area contributed by atoms with Crippen LogP contribution >= 0.6 is 23.4 Å². The minimum atomic E-state index is 0.472. The first-order chi connectivity index (χ1) is 14.2. The molecular weight excluding hydrogens is 398 g/mol. The number of hydrogen-bond acceptors (Lipinski definition) is 3. The molecule has 4 aromatic rings. The summed E-state index contributed by atoms with van der Waals surface area (Å²) in [7, 11) is 0. The third kappa shape index (κ3) is 5.00. The van der Waals surface area contributed by atoms with E-state index in [2.05, 4.69) is 42.7 Å². The quantitative estimate of drug-likeness (QED) is 0.306. The van der Waals surface area contributed by atoms with Gasteiger partial charge in [0.05, 0.1) is 5.69 Å². The monoisotopic (exact) mass is 417 g/mol. The van der Waals surface area contributed by atoms with Gasteiger partial charge in [-0.2, -0.15) is 0 Å². The molecule has 0 saturated carbocycles. The number of hydrogen-bond donors (Lipinski definition) is 0. The second-order valence-corrected chi connectivity index (χ2v) is 7.90. The molecule has 0 N–H and O–H groups in total. The molecule has 0 bridgehead atoms. The molecule has 0 aliphatic heterocycles. The lowest BCUT2D eigenvalue weighted by Gasteiger charge is -2.09. The maximum absolute atomic E-state index is 6.06. The average molecular weight is 418 g/mol. The number of nitrogens with zero attached hydrogens (tertiary/aromatic N) is 1. The zero-order valence-corrected chi connectivity index (χ0v) is 17.6. The van der Waals surface area contributed by atoms with Gasteiger partial charge in [-0.15, -0.1) is 11.8 Å². The molecular formula is C25H20ClNOS. The van der Waals surface area contributed by atoms with Crippen LogP contribution in [-0.2, 0) is 6.61 Å². The fraction of sp³-hybridized carbons (Fsp3) is 0.0800. The minimum absolute atomic E-state index is 0.472. The second-order valence-electron chi connectivity index (χ2n) is 6.59. The van der Waals surface area contributed by atoms with Crippen LogP contribution in [-0.4, -0.2) is 11.2 Å². The molecule has 0 saturated heterocycles. The Balaban J connectivity index is 1.56. The van der Waals surface area contributed by atoms with E-state index in [4.69, 9.17) is 21.3 Å². The van der Waals surface area contributed by atoms with Crippen molar-refractivity contribution >= 4 is 46.4 Å². The average Bonchev–Trinajstić information content (AvgIpc) is 2.77. The summed E-state index contributed by atoms with van der Waals surface area (Å²) in [6.45, 7) is 0.472. The standard InChI is InChI=1S/C25H20ClNOS/c1-29-23-15-8-18(9-16-23)7-13-22-14-10-20-3-2-4-24(25(20)27-22)28-17-19-5-11-21(26)12-6-19/h2-16H,17H2,1H3/b13-7-. The number of ether oxygens (including phenoxy) is 1. The van der Waals surface area contributed by atoms with Gasteiger partial charge in [0.2, 0.25) is 0 Å². The summed E-state index contributed by atoms with van der Waals surface area (Å²) in [4.78, 5) is 6.07. The molecule has 0 spiro atoms. The lowest BCUT2D eigenvalue weighted by Crippen LogP contribution is -1.97. The summed E-state index contributed by atoms with van der Waals surface area (Å²) in [5.41, 5.74) is 3.98. The first-order valence-electron chi connectivity index (χ1n) is 9.30. The minimum Gasteiger partial charge on any atom is -0.487 e. The highest BCUT2D eigenvalue weighted by Crippen LogP contribution is 2.26. The number of benzene rings is 3. The van der Waals surface area contributed by atoms with Crippen LogP contribution in [0.2, 0.25) is 5.02 Å². The fourth-order valence-electron chi connectivity index (χ4n) is 2.98. The Bertz CT molecular complexity index is 1140. The Hall–Kier alpha value is -2.75. The van der Waals surface area contributed by atoms with Crippen LogP contribution in [0.3, 0.4) is 0 Å². The van der Waals surface area contributed by atoms with Crippen molar-refractivity contribution < 1.29 is 4.74 Å². The van der Waals surface area contributed by atoms with E-state index in [0.717, 1.165) is 38.5 Å². The Morgan fingerprint density at radius 2 is 1.69 bits per heavy atom. The van der Waals surface area contributed by atoms with Crippen molar-refractivity contribution in [2.24, 2.45) is 0 Å². The second kappa shape index (κ2) is 9.17. The normalized spacial score (nSPS) is 11.2. The van der Waals surface area contributed by atoms with Gasteiger partial charge >= 0.3 is 0 Å². The maximum atomic E-state index is 6.06. The molecule has 3 aromatic carbocycles. The smallest absolute Gasteiger partial charge is 0.146 e. The van der Waals surface area contributed by atoms with Crippen molar-refractivity contribution in [2.45, 2.75) is 11.5 Å². The van der Waals surface area contributed by atoms with Gasteiger partial charge in [-0.05, 0) is 59.9 Å². The lowest BCUT2D eigenvalue weighted by molar-refractivity contribution is 0.309. The van der Waals surface area contributed by atoms with E-state index in [1.165, 1.54) is 4.90 Å². The van der Waals surface area contributed by atoms with Crippen molar-refractivity contribution in [1.82, 2.24) is 4.98 Å². The van der Waals surface area contributed by atoms with Crippen molar-refractivity contribution in [2.75, 3.05) is 6.26 Å². The number of fused-ring (bicyclic) bond motifs is 1. The fourth-order valence-corrected chi connectivity index (χ4v) is 3.52. The Morgan fingerprint density at radius 3 is 2.45 bits per heavy atom. The molecule has 144 valence electrons. The van der Waals surface area contributed by atoms with Gasteiger partial charge in [-0.3, -0.25) is 0 Å². The van der Waals surface area contributed by atoms with E-state index in [0.29, 0.717) is 6.61 Å². The van der Waals surface area contributed by atoms with Crippen LogP contribution in [0.5, 0.6) is 5.75 Å². The molecule has 4 rings (SSSR count). The molecule has 1 aromatic heterocycles. The highest BCUT2D eigenvalue weighted by molar-refractivity contribution is 7.98. The third-order valence-electron chi connectivity index (χ3n) is 4.57. The molecule has 0 amide bonds. The van der Waals surface area contributed by atoms with Crippen LogP contribution in [0.1, 0.15) is 16.8 Å². The molecule has 0 aliphatic rings. The summed E-state index contributed by atoms with van der Waals surface area (Å²) < 4.78 is 6.06. The number of halogens is 1. The van der Waals surface area contributed by atoms with Gasteiger partial charge in [-0.25, -0.2) is 4.98 Å². The van der Waals surface area contributed by atoms with Crippen LogP contribution in [0.25, 0.3) is 23.1 Å². The van der Waals surface area contributed by atoms with Crippen molar-refractivity contribution in [3.05, 3.63) is 101 Å². The molecule has 0 radical (unpaired) electrons. The van der Waals surface area contributed by atoms with Crippen LogP contribution in [0, 0.1) is 0 Å². The molecule has 0 unspecified atom stereocenters. The van der Waals surface area contributed by atoms with Gasteiger partial charge in [-0.1, -0.05) is 60.1 Å². The molecule has 1 heterocycles. The zero-order valence-electron chi connectivity index (χ0n) is 16.0. The van der Waals surface area contributed by atoms with E-state index < -0.39 is 0 Å². The molecule has 0 aliphatic carbocycles. The van der Waals surface area contributed by atoms with Crippen molar-refractivity contribution in [3.8, 4) is 5.75 Å². The SMILES string of the molecule is CSc1ccc(/C=C\c2ccc3cccc(OCc4ccc(Cl)cc4)c3n2)cc1. The summed E-state index contributed by atoms with van der Waals surface area (Å²) in [5.74, 6) is 0.775. The predicted molar refractivity (Wildman–Crippen MR) is 125 cm³/mol. The topological polar surface area (TPSA) is 22.1 Å². The van der Waals surface area contributed by atoms with Gasteiger partial charge in [0, 0.05) is 15.3 Å². The molecule has 29 heavy (non-hydrogen) atoms. The summed E-state index contributed by atoms with van der Waals surface area (Å²) in [6, 6.07) is 26.3. The van der Waals surface area contributed by atoms with Gasteiger partial charge < -0.3 is 4.74 Å². The van der Waals surface area contributed by atoms with E-state index >= 15 is 0 Å². The van der Waals surface area contributed by atoms with E-state index in [9.17, 15) is 0 Å². The van der Waals surface area contributed by atoms with Crippen LogP contribution in [0.4, 0.5) is 0 Å². The molecule has 0 fully saturated rings. The first-order valence-corrected chi connectivity index (χ1v) is 10.9. The van der Waals surface area contributed by atoms with E-state index in [1.54, 1.807) is 11.8 Å². The van der Waals surface area contributed by atoms with Crippen LogP contribution in [0.15, 0.2) is 83.8 Å². The number of rotatable bonds is 6. The third-order valence-corrected chi connectivity index (χ3v) is 5.57. The lowest BCUT2D eigenvalue weighted by atomic mass is 10.1.